The van der Waals surface area contributed by atoms with Crippen LogP contribution in [-0.4, -0.2) is 36.3 Å². The third-order valence-corrected chi connectivity index (χ3v) is 4.14. The van der Waals surface area contributed by atoms with Crippen LogP contribution < -0.4 is 5.32 Å². The summed E-state index contributed by atoms with van der Waals surface area (Å²) in [5, 5.41) is 3.20. The molecule has 1 unspecified atom stereocenters. The van der Waals surface area contributed by atoms with Crippen molar-refractivity contribution in [2.45, 2.75) is 27.2 Å². The Kier molecular flexibility index (Phi) is 5.66. The van der Waals surface area contributed by atoms with E-state index in [2.05, 4.69) is 5.32 Å². The lowest BCUT2D eigenvalue weighted by molar-refractivity contribution is 0.0658. The minimum absolute atomic E-state index is 0.0916. The molecule has 1 aromatic rings. The molecule has 1 saturated heterocycles. The Bertz CT molecular complexity index is 605. The van der Waals surface area contributed by atoms with Crippen molar-refractivity contribution in [1.29, 1.82) is 0 Å². The standard InChI is InChI=1S/C16H17FN2O2.C2H6/c1-10-8-18-7-6-11(10)14(17)9-19-15(20)12-4-2-3-5-13(12)16(19)21;1-2/h2-5,10,18H,6-9H2,1H3;1-2H3/b14-11-;. The zero-order chi connectivity index (χ0) is 17.0. The first-order valence-electron chi connectivity index (χ1n) is 8.13. The van der Waals surface area contributed by atoms with Gasteiger partial charge in [0.25, 0.3) is 11.8 Å². The smallest absolute Gasteiger partial charge is 0.261 e. The van der Waals surface area contributed by atoms with Gasteiger partial charge in [0.15, 0.2) is 0 Å². The number of carbonyl (C=O) groups excluding carboxylic acids is 2. The zero-order valence-corrected chi connectivity index (χ0v) is 13.9. The number of hydrogen-bond acceptors (Lipinski definition) is 3. The lowest BCUT2D eigenvalue weighted by Gasteiger charge is -2.24. The van der Waals surface area contributed by atoms with E-state index in [0.29, 0.717) is 23.1 Å². The molecular weight excluding hydrogens is 295 g/mol. The molecule has 2 heterocycles. The summed E-state index contributed by atoms with van der Waals surface area (Å²) in [6, 6.07) is 6.62. The molecule has 23 heavy (non-hydrogen) atoms. The Morgan fingerprint density at radius 1 is 1.22 bits per heavy atom. The number of benzene rings is 1. The van der Waals surface area contributed by atoms with E-state index >= 15 is 0 Å². The highest BCUT2D eigenvalue weighted by Gasteiger charge is 2.36. The quantitative estimate of drug-likeness (QED) is 0.852. The lowest BCUT2D eigenvalue weighted by Crippen LogP contribution is -2.34. The molecule has 1 aromatic carbocycles. The molecule has 0 radical (unpaired) electrons. The Hall–Kier alpha value is -2.01. The molecule has 1 fully saturated rings. The van der Waals surface area contributed by atoms with E-state index in [1.807, 2.05) is 20.8 Å². The van der Waals surface area contributed by atoms with Crippen molar-refractivity contribution in [3.8, 4) is 0 Å². The minimum Gasteiger partial charge on any atom is -0.316 e. The molecule has 1 atom stereocenters. The van der Waals surface area contributed by atoms with Crippen molar-refractivity contribution in [2.75, 3.05) is 19.6 Å². The number of rotatable bonds is 2. The summed E-state index contributed by atoms with van der Waals surface area (Å²) in [6.07, 6.45) is 0.621. The molecule has 2 aliphatic heterocycles. The molecule has 0 bridgehead atoms. The second-order valence-electron chi connectivity index (χ2n) is 5.53. The highest BCUT2D eigenvalue weighted by Crippen LogP contribution is 2.27. The van der Waals surface area contributed by atoms with Crippen molar-refractivity contribution in [3.63, 3.8) is 0 Å². The number of imide groups is 1. The van der Waals surface area contributed by atoms with Crippen molar-refractivity contribution in [2.24, 2.45) is 5.92 Å². The molecule has 5 heteroatoms. The fraction of sp³-hybridized carbons (Fsp3) is 0.444. The lowest BCUT2D eigenvalue weighted by atomic mass is 9.93. The Morgan fingerprint density at radius 3 is 2.30 bits per heavy atom. The van der Waals surface area contributed by atoms with Gasteiger partial charge in [-0.2, -0.15) is 0 Å². The van der Waals surface area contributed by atoms with E-state index in [1.54, 1.807) is 24.3 Å². The molecule has 0 aliphatic carbocycles. The largest absolute Gasteiger partial charge is 0.316 e. The number of hydrogen-bond donors (Lipinski definition) is 1. The van der Waals surface area contributed by atoms with Crippen LogP contribution in [0.25, 0.3) is 0 Å². The Balaban J connectivity index is 0.000000924. The Morgan fingerprint density at radius 2 is 1.78 bits per heavy atom. The first-order chi connectivity index (χ1) is 11.1. The van der Waals surface area contributed by atoms with E-state index in [-0.39, 0.29) is 18.3 Å². The molecule has 4 nitrogen and oxygen atoms in total. The van der Waals surface area contributed by atoms with Gasteiger partial charge in [-0.3, -0.25) is 14.5 Å². The van der Waals surface area contributed by atoms with Crippen LogP contribution >= 0.6 is 0 Å². The van der Waals surface area contributed by atoms with Gasteiger partial charge in [0.05, 0.1) is 17.7 Å². The van der Waals surface area contributed by atoms with Gasteiger partial charge in [0.1, 0.15) is 5.83 Å². The summed E-state index contributed by atoms with van der Waals surface area (Å²) in [5.74, 6) is -1.08. The van der Waals surface area contributed by atoms with Crippen molar-refractivity contribution in [3.05, 3.63) is 46.8 Å². The van der Waals surface area contributed by atoms with Crippen molar-refractivity contribution < 1.29 is 14.0 Å². The maximum absolute atomic E-state index is 14.5. The average molecular weight is 318 g/mol. The van der Waals surface area contributed by atoms with Gasteiger partial charge >= 0.3 is 0 Å². The Labute approximate surface area is 136 Å². The molecular formula is C18H23FN2O2. The molecule has 0 aromatic heterocycles. The molecule has 2 amide bonds. The molecule has 3 rings (SSSR count). The van der Waals surface area contributed by atoms with E-state index < -0.39 is 11.8 Å². The molecule has 1 N–H and O–H groups in total. The van der Waals surface area contributed by atoms with Crippen LogP contribution in [0.4, 0.5) is 4.39 Å². The van der Waals surface area contributed by atoms with Crippen LogP contribution in [0.15, 0.2) is 35.7 Å². The maximum atomic E-state index is 14.5. The number of piperidine rings is 1. The minimum atomic E-state index is -0.409. The first kappa shape index (κ1) is 17.3. The second-order valence-corrected chi connectivity index (χ2v) is 5.53. The number of carbonyl (C=O) groups is 2. The van der Waals surface area contributed by atoms with E-state index in [4.69, 9.17) is 0 Å². The predicted molar refractivity (Wildman–Crippen MR) is 87.9 cm³/mol. The van der Waals surface area contributed by atoms with Gasteiger partial charge in [-0.05, 0) is 36.6 Å². The number of halogens is 1. The fourth-order valence-corrected chi connectivity index (χ4v) is 2.94. The molecule has 0 saturated carbocycles. The number of nitrogens with one attached hydrogen (secondary N) is 1. The van der Waals surface area contributed by atoms with Gasteiger partial charge in [-0.15, -0.1) is 0 Å². The van der Waals surface area contributed by atoms with Gasteiger partial charge in [0, 0.05) is 6.54 Å². The summed E-state index contributed by atoms with van der Waals surface area (Å²) in [7, 11) is 0. The van der Waals surface area contributed by atoms with Crippen LogP contribution in [0.3, 0.4) is 0 Å². The van der Waals surface area contributed by atoms with Crippen LogP contribution in [0.2, 0.25) is 0 Å². The third kappa shape index (κ3) is 3.34. The van der Waals surface area contributed by atoms with E-state index in [9.17, 15) is 14.0 Å². The van der Waals surface area contributed by atoms with Gasteiger partial charge in [-0.25, -0.2) is 4.39 Å². The molecule has 124 valence electrons. The summed E-state index contributed by atoms with van der Waals surface area (Å²) >= 11 is 0. The first-order valence-corrected chi connectivity index (χ1v) is 8.13. The molecule has 0 spiro atoms. The highest BCUT2D eigenvalue weighted by atomic mass is 19.1. The third-order valence-electron chi connectivity index (χ3n) is 4.14. The van der Waals surface area contributed by atoms with Crippen molar-refractivity contribution >= 4 is 11.8 Å². The zero-order valence-electron chi connectivity index (χ0n) is 13.9. The second kappa shape index (κ2) is 7.51. The van der Waals surface area contributed by atoms with Gasteiger partial charge in [-0.1, -0.05) is 32.9 Å². The SMILES string of the molecule is CC.CC1CNCC/C1=C(/F)CN1C(=O)c2ccccc2C1=O. The van der Waals surface area contributed by atoms with Crippen molar-refractivity contribution in [1.82, 2.24) is 10.2 Å². The van der Waals surface area contributed by atoms with Crippen LogP contribution in [-0.2, 0) is 0 Å². The monoisotopic (exact) mass is 318 g/mol. The normalized spacial score (nSPS) is 22.4. The summed E-state index contributed by atoms with van der Waals surface area (Å²) < 4.78 is 14.5. The summed E-state index contributed by atoms with van der Waals surface area (Å²) in [6.45, 7) is 7.15. The average Bonchev–Trinajstić information content (AvgIpc) is 2.82. The van der Waals surface area contributed by atoms with Crippen LogP contribution in [0.1, 0.15) is 47.9 Å². The van der Waals surface area contributed by atoms with Crippen LogP contribution in [0, 0.1) is 5.92 Å². The predicted octanol–water partition coefficient (Wildman–Crippen LogP) is 3.16. The number of amides is 2. The maximum Gasteiger partial charge on any atom is 0.261 e. The summed E-state index contributed by atoms with van der Waals surface area (Å²) in [4.78, 5) is 25.4. The van der Waals surface area contributed by atoms with Gasteiger partial charge < -0.3 is 5.32 Å². The highest BCUT2D eigenvalue weighted by molar-refractivity contribution is 6.21. The molecule has 2 aliphatic rings. The number of fused-ring (bicyclic) bond motifs is 1. The van der Waals surface area contributed by atoms with E-state index in [0.717, 1.165) is 18.0 Å². The number of nitrogens with zero attached hydrogens (tertiary/aromatic N) is 1. The van der Waals surface area contributed by atoms with Gasteiger partial charge in [0.2, 0.25) is 0 Å². The van der Waals surface area contributed by atoms with E-state index in [1.165, 1.54) is 0 Å². The van der Waals surface area contributed by atoms with Crippen LogP contribution in [0.5, 0.6) is 0 Å². The fourth-order valence-electron chi connectivity index (χ4n) is 2.94. The topological polar surface area (TPSA) is 49.4 Å². The summed E-state index contributed by atoms with van der Waals surface area (Å²) in [5.41, 5.74) is 1.43.